The van der Waals surface area contributed by atoms with Crippen LogP contribution in [0.3, 0.4) is 0 Å². The number of nitrogens with zero attached hydrogens (tertiary/aromatic N) is 2. The molecular weight excluding hydrogens is 384 g/mol. The fraction of sp³-hybridized carbons (Fsp3) is 0.304. The number of nitrogens with one attached hydrogen (secondary N) is 2. The molecule has 1 aromatic heterocycles. The molecule has 6 heteroatoms. The van der Waals surface area contributed by atoms with Gasteiger partial charge in [0.15, 0.2) is 0 Å². The molecule has 0 aliphatic carbocycles. The van der Waals surface area contributed by atoms with Crippen LogP contribution < -0.4 is 10.6 Å². The zero-order chi connectivity index (χ0) is 19.3. The molecule has 1 aliphatic rings. The van der Waals surface area contributed by atoms with Crippen LogP contribution in [0.25, 0.3) is 0 Å². The zero-order valence-corrected chi connectivity index (χ0v) is 17.3. The lowest BCUT2D eigenvalue weighted by Crippen LogP contribution is -2.37. The van der Waals surface area contributed by atoms with Crippen LogP contribution in [-0.2, 0) is 18.3 Å². The highest BCUT2D eigenvalue weighted by Crippen LogP contribution is 2.29. The summed E-state index contributed by atoms with van der Waals surface area (Å²) in [6, 6.07) is 20.5. The molecule has 1 fully saturated rings. The molecule has 1 amide bonds. The third kappa shape index (κ3) is 5.05. The highest BCUT2D eigenvalue weighted by atomic mass is 35.5. The van der Waals surface area contributed by atoms with E-state index >= 15 is 0 Å². The van der Waals surface area contributed by atoms with Gasteiger partial charge in [0.1, 0.15) is 0 Å². The molecule has 1 saturated heterocycles. The highest BCUT2D eigenvalue weighted by molar-refractivity contribution is 5.85. The minimum Gasteiger partial charge on any atom is -0.349 e. The Morgan fingerprint density at radius 2 is 1.83 bits per heavy atom. The smallest absolute Gasteiger partial charge is 0.225 e. The number of carbonyl (C=O) groups is 1. The molecule has 0 saturated carbocycles. The number of rotatable bonds is 6. The van der Waals surface area contributed by atoms with Crippen molar-refractivity contribution in [1.82, 2.24) is 20.4 Å². The first kappa shape index (κ1) is 21.1. The second-order valence-electron chi connectivity index (χ2n) is 7.48. The van der Waals surface area contributed by atoms with Crippen molar-refractivity contribution in [3.63, 3.8) is 0 Å². The Hall–Kier alpha value is -2.63. The van der Waals surface area contributed by atoms with Crippen molar-refractivity contribution in [3.8, 4) is 0 Å². The van der Waals surface area contributed by atoms with Crippen molar-refractivity contribution in [2.45, 2.75) is 18.4 Å². The maximum atomic E-state index is 13.2. The Bertz CT molecular complexity index is 913. The van der Waals surface area contributed by atoms with Gasteiger partial charge in [0.2, 0.25) is 5.91 Å². The molecule has 2 N–H and O–H groups in total. The molecule has 4 rings (SSSR count). The normalized spacial score (nSPS) is 19.3. The molecule has 3 atom stereocenters. The molecular formula is C23H27ClN4O. The predicted octanol–water partition coefficient (Wildman–Crippen LogP) is 3.25. The molecule has 29 heavy (non-hydrogen) atoms. The van der Waals surface area contributed by atoms with Gasteiger partial charge >= 0.3 is 0 Å². The van der Waals surface area contributed by atoms with Crippen molar-refractivity contribution in [2.75, 3.05) is 13.1 Å². The molecule has 5 nitrogen and oxygen atoms in total. The van der Waals surface area contributed by atoms with Gasteiger partial charge in [-0.05, 0) is 23.1 Å². The number of amides is 1. The summed E-state index contributed by atoms with van der Waals surface area (Å²) < 4.78 is 1.80. The molecule has 1 unspecified atom stereocenters. The van der Waals surface area contributed by atoms with Crippen LogP contribution in [0.5, 0.6) is 0 Å². The summed E-state index contributed by atoms with van der Waals surface area (Å²) >= 11 is 0. The zero-order valence-electron chi connectivity index (χ0n) is 16.5. The first-order valence-electron chi connectivity index (χ1n) is 9.79. The number of carbonyl (C=O) groups excluding carboxylic acids is 1. The Kier molecular flexibility index (Phi) is 7.07. The first-order chi connectivity index (χ1) is 13.7. The van der Waals surface area contributed by atoms with E-state index in [1.54, 1.807) is 4.68 Å². The van der Waals surface area contributed by atoms with E-state index in [1.165, 1.54) is 5.56 Å². The largest absolute Gasteiger partial charge is 0.349 e. The van der Waals surface area contributed by atoms with E-state index in [0.717, 1.165) is 24.1 Å². The van der Waals surface area contributed by atoms with Gasteiger partial charge in [-0.25, -0.2) is 0 Å². The average Bonchev–Trinajstić information content (AvgIpc) is 3.38. The summed E-state index contributed by atoms with van der Waals surface area (Å²) in [5.74, 6) is 0.164. The molecule has 3 aromatic rings. The average molecular weight is 411 g/mol. The van der Waals surface area contributed by atoms with Crippen LogP contribution in [0.4, 0.5) is 0 Å². The summed E-state index contributed by atoms with van der Waals surface area (Å²) in [5.41, 5.74) is 3.46. The third-order valence-electron chi connectivity index (χ3n) is 5.51. The van der Waals surface area contributed by atoms with Gasteiger partial charge in [0, 0.05) is 32.3 Å². The molecule has 2 heterocycles. The first-order valence-corrected chi connectivity index (χ1v) is 9.79. The number of benzene rings is 2. The van der Waals surface area contributed by atoms with E-state index in [9.17, 15) is 4.79 Å². The maximum Gasteiger partial charge on any atom is 0.225 e. The van der Waals surface area contributed by atoms with Crippen molar-refractivity contribution < 1.29 is 4.79 Å². The second-order valence-corrected chi connectivity index (χ2v) is 7.48. The third-order valence-corrected chi connectivity index (χ3v) is 5.51. The van der Waals surface area contributed by atoms with Crippen LogP contribution in [-0.4, -0.2) is 28.8 Å². The molecule has 1 aliphatic heterocycles. The van der Waals surface area contributed by atoms with Crippen LogP contribution in [0.2, 0.25) is 0 Å². The lowest BCUT2D eigenvalue weighted by atomic mass is 9.89. The number of hydrogen-bond donors (Lipinski definition) is 2. The summed E-state index contributed by atoms with van der Waals surface area (Å²) in [4.78, 5) is 13.2. The number of aryl methyl sites for hydroxylation is 1. The van der Waals surface area contributed by atoms with E-state index in [0.29, 0.717) is 6.54 Å². The van der Waals surface area contributed by atoms with Crippen molar-refractivity contribution in [2.24, 2.45) is 13.0 Å². The van der Waals surface area contributed by atoms with E-state index in [2.05, 4.69) is 40.0 Å². The summed E-state index contributed by atoms with van der Waals surface area (Å²) in [6.07, 6.45) is 4.65. The van der Waals surface area contributed by atoms with Crippen LogP contribution in [0.1, 0.15) is 28.7 Å². The monoisotopic (exact) mass is 410 g/mol. The minimum absolute atomic E-state index is 0. The number of hydrogen-bond acceptors (Lipinski definition) is 3. The van der Waals surface area contributed by atoms with Crippen molar-refractivity contribution >= 4 is 18.3 Å². The number of aromatic nitrogens is 2. The van der Waals surface area contributed by atoms with Crippen LogP contribution >= 0.6 is 12.4 Å². The topological polar surface area (TPSA) is 59.0 Å². The molecule has 0 spiro atoms. The molecule has 0 radical (unpaired) electrons. The van der Waals surface area contributed by atoms with E-state index in [1.807, 2.05) is 55.8 Å². The SMILES string of the molecule is Cl.Cn1cc([C@H]2CNC[C@@H]2C(=O)NC(Cc2ccccc2)c2ccccc2)cn1. The van der Waals surface area contributed by atoms with Crippen LogP contribution in [0, 0.1) is 5.92 Å². The van der Waals surface area contributed by atoms with Crippen molar-refractivity contribution in [1.29, 1.82) is 0 Å². The molecule has 0 bridgehead atoms. The fourth-order valence-corrected chi connectivity index (χ4v) is 4.00. The lowest BCUT2D eigenvalue weighted by Gasteiger charge is -2.24. The van der Waals surface area contributed by atoms with Gasteiger partial charge < -0.3 is 10.6 Å². The van der Waals surface area contributed by atoms with Gasteiger partial charge in [0.05, 0.1) is 18.2 Å². The Morgan fingerprint density at radius 3 is 2.48 bits per heavy atom. The van der Waals surface area contributed by atoms with E-state index in [-0.39, 0.29) is 36.2 Å². The lowest BCUT2D eigenvalue weighted by molar-refractivity contribution is -0.125. The van der Waals surface area contributed by atoms with Crippen LogP contribution in [0.15, 0.2) is 73.1 Å². The Labute approximate surface area is 177 Å². The Morgan fingerprint density at radius 1 is 1.14 bits per heavy atom. The fourth-order valence-electron chi connectivity index (χ4n) is 4.00. The molecule has 152 valence electrons. The highest BCUT2D eigenvalue weighted by Gasteiger charge is 2.35. The summed E-state index contributed by atoms with van der Waals surface area (Å²) in [6.45, 7) is 1.50. The quantitative estimate of drug-likeness (QED) is 0.655. The Balaban J connectivity index is 0.00000240. The number of halogens is 1. The maximum absolute atomic E-state index is 13.2. The van der Waals surface area contributed by atoms with Gasteiger partial charge in [0.25, 0.3) is 0 Å². The predicted molar refractivity (Wildman–Crippen MR) is 117 cm³/mol. The van der Waals surface area contributed by atoms with Gasteiger partial charge in [-0.1, -0.05) is 60.7 Å². The standard InChI is InChI=1S/C23H26N4O.ClH/c1-27-16-19(13-25-27)20-14-24-15-21(20)23(28)26-22(18-10-6-3-7-11-18)12-17-8-4-2-5-9-17;/h2-11,13,16,20-22,24H,12,14-15H2,1H3,(H,26,28);1H/t20-,21+,22?;/m1./s1. The van der Waals surface area contributed by atoms with E-state index < -0.39 is 0 Å². The van der Waals surface area contributed by atoms with Gasteiger partial charge in [-0.2, -0.15) is 5.10 Å². The summed E-state index contributed by atoms with van der Waals surface area (Å²) in [7, 11) is 1.91. The van der Waals surface area contributed by atoms with Crippen molar-refractivity contribution in [3.05, 3.63) is 89.7 Å². The summed E-state index contributed by atoms with van der Waals surface area (Å²) in [5, 5.41) is 11.0. The van der Waals surface area contributed by atoms with Gasteiger partial charge in [-0.3, -0.25) is 9.48 Å². The second kappa shape index (κ2) is 9.72. The minimum atomic E-state index is -0.0915. The van der Waals surface area contributed by atoms with Gasteiger partial charge in [-0.15, -0.1) is 12.4 Å². The van der Waals surface area contributed by atoms with E-state index in [4.69, 9.17) is 0 Å². The molecule has 2 aromatic carbocycles.